The summed E-state index contributed by atoms with van der Waals surface area (Å²) in [6.45, 7) is 41.0. The van der Waals surface area contributed by atoms with E-state index in [1.54, 1.807) is 0 Å². The van der Waals surface area contributed by atoms with Crippen molar-refractivity contribution in [1.82, 2.24) is 20.3 Å². The largest absolute Gasteiger partial charge is 0.328 e. The van der Waals surface area contributed by atoms with E-state index in [4.69, 9.17) is 12.2 Å². The van der Waals surface area contributed by atoms with E-state index in [1.807, 2.05) is 0 Å². The molecule has 0 aliphatic rings. The van der Waals surface area contributed by atoms with E-state index < -0.39 is 0 Å². The third-order valence-electron chi connectivity index (χ3n) is 8.79. The van der Waals surface area contributed by atoms with E-state index in [9.17, 15) is 0 Å². The maximum Gasteiger partial charge on any atom is 0.0777 e. The molecule has 0 saturated carbocycles. The van der Waals surface area contributed by atoms with Crippen molar-refractivity contribution >= 4 is 0 Å². The lowest BCUT2D eigenvalue weighted by Crippen LogP contribution is -2.65. The van der Waals surface area contributed by atoms with Crippen LogP contribution in [0, 0.1) is 18.3 Å². The Kier molecular flexibility index (Phi) is 53.0. The number of nitrogens with zero attached hydrogens (tertiary/aromatic N) is 4. The highest BCUT2D eigenvalue weighted by Crippen LogP contribution is 2.29. The average Bonchev–Trinajstić information content (AvgIpc) is 3.11. The SMILES string of the molecule is C#CCN(C(CC(N)CCC)C(CC)CCC)N(N(C)C(=C)CCC)N(CCCC)C(C)C.C=C.CCCC.CCCCC.CCCCCC. The molecule has 3 atom stereocenters. The Bertz CT molecular complexity index is 679. The molecule has 2 N–H and O–H groups in total. The van der Waals surface area contributed by atoms with Crippen LogP contribution < -0.4 is 5.73 Å². The number of hydrazine groups is 3. The lowest BCUT2D eigenvalue weighted by Gasteiger charge is -2.52. The van der Waals surface area contributed by atoms with Crippen molar-refractivity contribution in [2.45, 2.75) is 230 Å². The minimum absolute atomic E-state index is 0.181. The molecule has 50 heavy (non-hydrogen) atoms. The summed E-state index contributed by atoms with van der Waals surface area (Å²) in [6.07, 6.45) is 29.2. The minimum atomic E-state index is 0.181. The summed E-state index contributed by atoms with van der Waals surface area (Å²) >= 11 is 0. The molecular weight excluding hydrogens is 611 g/mol. The molecule has 0 amide bonds. The van der Waals surface area contributed by atoms with Crippen LogP contribution >= 0.6 is 0 Å². The Hall–Kier alpha value is -1.32. The summed E-state index contributed by atoms with van der Waals surface area (Å²) in [5.41, 5.74) is 7.78. The maximum absolute atomic E-state index is 6.67. The highest BCUT2D eigenvalue weighted by atomic mass is 16.0. The first-order valence-corrected chi connectivity index (χ1v) is 21.4. The summed E-state index contributed by atoms with van der Waals surface area (Å²) in [7, 11) is 2.15. The standard InChI is InChI=1S/C28H57N5.C6H14.C5H12.C4H10.C2H4/c1-11-17-22-31(24(7)8)33(30(10)25(9)18-12-2)32(21-15-5)28(23-27(29)20-14-4)26(16-6)19-13-3;1-3-5-6-4-2;1-3-5-4-2;1-3-4-2;1-2/h5,24,26-28H,9,11-14,16-23,29H2,1-4,6-8,10H3;3-6H2,1-2H3;3-5H2,1-2H3;3-4H2,1-2H3;1-2H2. The van der Waals surface area contributed by atoms with Gasteiger partial charge in [0.25, 0.3) is 0 Å². The smallest absolute Gasteiger partial charge is 0.0777 e. The van der Waals surface area contributed by atoms with Gasteiger partial charge in [0.05, 0.1) is 6.54 Å². The highest BCUT2D eigenvalue weighted by Gasteiger charge is 2.36. The quantitative estimate of drug-likeness (QED) is 0.0419. The fourth-order valence-electron chi connectivity index (χ4n) is 5.60. The van der Waals surface area contributed by atoms with Crippen LogP contribution in [-0.4, -0.2) is 58.5 Å². The van der Waals surface area contributed by atoms with Gasteiger partial charge in [-0.25, -0.2) is 5.01 Å². The van der Waals surface area contributed by atoms with Gasteiger partial charge in [-0.2, -0.15) is 5.01 Å². The third kappa shape index (κ3) is 32.6. The molecule has 0 radical (unpaired) electrons. The number of hydrogen-bond donors (Lipinski definition) is 1. The minimum Gasteiger partial charge on any atom is -0.328 e. The van der Waals surface area contributed by atoms with Crippen molar-refractivity contribution in [3.63, 3.8) is 0 Å². The molecule has 3 unspecified atom stereocenters. The Morgan fingerprint density at radius 2 is 1.14 bits per heavy atom. The van der Waals surface area contributed by atoms with Gasteiger partial charge in [0.2, 0.25) is 0 Å². The number of allylic oxidation sites excluding steroid dienone is 1. The Balaban J connectivity index is -0.000000326. The summed E-state index contributed by atoms with van der Waals surface area (Å²) in [5.74, 6) is 3.53. The maximum atomic E-state index is 6.67. The summed E-state index contributed by atoms with van der Waals surface area (Å²) in [6, 6.07) is 0.803. The first-order chi connectivity index (χ1) is 24.0. The predicted octanol–water partition coefficient (Wildman–Crippen LogP) is 13.8. The van der Waals surface area contributed by atoms with Crippen molar-refractivity contribution in [3.8, 4) is 12.3 Å². The van der Waals surface area contributed by atoms with Crippen LogP contribution in [0.1, 0.15) is 212 Å². The summed E-state index contributed by atoms with van der Waals surface area (Å²) in [5, 5.41) is 9.50. The van der Waals surface area contributed by atoms with E-state index in [1.165, 1.54) is 70.6 Å². The molecule has 0 saturated heterocycles. The monoisotopic (exact) mass is 708 g/mol. The number of hydrogen-bond acceptors (Lipinski definition) is 5. The topological polar surface area (TPSA) is 39.0 Å². The van der Waals surface area contributed by atoms with Gasteiger partial charge in [-0.1, -0.05) is 184 Å². The number of nitrogens with two attached hydrogens (primary N) is 1. The molecule has 5 nitrogen and oxygen atoms in total. The van der Waals surface area contributed by atoms with E-state index in [-0.39, 0.29) is 12.1 Å². The zero-order chi connectivity index (χ0) is 39.8. The van der Waals surface area contributed by atoms with Crippen molar-refractivity contribution in [3.05, 3.63) is 25.4 Å². The molecule has 0 aromatic rings. The molecule has 0 aromatic carbocycles. The first-order valence-electron chi connectivity index (χ1n) is 21.4. The van der Waals surface area contributed by atoms with Gasteiger partial charge in [0.15, 0.2) is 0 Å². The Labute approximate surface area is 319 Å². The van der Waals surface area contributed by atoms with E-state index in [2.05, 4.69) is 143 Å². The van der Waals surface area contributed by atoms with Gasteiger partial charge in [0.1, 0.15) is 0 Å². The molecule has 0 heterocycles. The van der Waals surface area contributed by atoms with Crippen LogP contribution in [0.4, 0.5) is 0 Å². The fraction of sp³-hybridized carbons (Fsp3) is 0.867. The van der Waals surface area contributed by atoms with Crippen LogP contribution in [0.25, 0.3) is 0 Å². The average molecular weight is 708 g/mol. The van der Waals surface area contributed by atoms with E-state index in [0.717, 1.165) is 63.6 Å². The molecule has 5 heteroatoms. The van der Waals surface area contributed by atoms with E-state index >= 15 is 0 Å². The molecular formula is C45H97N5. The predicted molar refractivity (Wildman–Crippen MR) is 233 cm³/mol. The number of terminal acetylenes is 1. The summed E-state index contributed by atoms with van der Waals surface area (Å²) in [4.78, 5) is 0. The second kappa shape index (κ2) is 45.7. The van der Waals surface area contributed by atoms with Crippen LogP contribution in [-0.2, 0) is 0 Å². The molecule has 302 valence electrons. The molecule has 0 aliphatic carbocycles. The fourth-order valence-corrected chi connectivity index (χ4v) is 5.60. The molecule has 0 fully saturated rings. The first kappa shape index (κ1) is 58.0. The Morgan fingerprint density at radius 3 is 1.46 bits per heavy atom. The van der Waals surface area contributed by atoms with Gasteiger partial charge in [-0.05, 0) is 51.9 Å². The van der Waals surface area contributed by atoms with Crippen molar-refractivity contribution in [2.75, 3.05) is 20.1 Å². The number of unbranched alkanes of at least 4 members (excludes halogenated alkanes) is 7. The van der Waals surface area contributed by atoms with Gasteiger partial charge in [0, 0.05) is 37.4 Å². The van der Waals surface area contributed by atoms with Crippen LogP contribution in [0.5, 0.6) is 0 Å². The molecule has 0 aromatic heterocycles. The molecule has 0 aliphatic heterocycles. The van der Waals surface area contributed by atoms with Crippen LogP contribution in [0.15, 0.2) is 25.4 Å². The van der Waals surface area contributed by atoms with E-state index in [0.29, 0.717) is 18.5 Å². The van der Waals surface area contributed by atoms with Gasteiger partial charge >= 0.3 is 0 Å². The van der Waals surface area contributed by atoms with Crippen molar-refractivity contribution < 1.29 is 0 Å². The van der Waals surface area contributed by atoms with Crippen molar-refractivity contribution in [2.24, 2.45) is 11.7 Å². The van der Waals surface area contributed by atoms with Gasteiger partial charge < -0.3 is 5.73 Å². The van der Waals surface area contributed by atoms with Crippen LogP contribution in [0.2, 0.25) is 0 Å². The Morgan fingerprint density at radius 1 is 0.660 bits per heavy atom. The molecule has 0 bridgehead atoms. The molecule has 0 spiro atoms. The van der Waals surface area contributed by atoms with Crippen molar-refractivity contribution in [1.29, 1.82) is 0 Å². The highest BCUT2D eigenvalue weighted by molar-refractivity contribution is 4.95. The second-order valence-corrected chi connectivity index (χ2v) is 13.9. The van der Waals surface area contributed by atoms with Crippen LogP contribution in [0.3, 0.4) is 0 Å². The zero-order valence-electron chi connectivity index (χ0n) is 37.2. The second-order valence-electron chi connectivity index (χ2n) is 13.9. The van der Waals surface area contributed by atoms with Gasteiger partial charge in [-0.15, -0.1) is 19.6 Å². The lowest BCUT2D eigenvalue weighted by molar-refractivity contribution is -0.313. The van der Waals surface area contributed by atoms with Gasteiger partial charge in [-0.3, -0.25) is 5.01 Å². The number of rotatable bonds is 26. The lowest BCUT2D eigenvalue weighted by atomic mass is 9.86. The molecule has 0 rings (SSSR count). The zero-order valence-corrected chi connectivity index (χ0v) is 37.2. The third-order valence-corrected chi connectivity index (χ3v) is 8.79. The normalized spacial score (nSPS) is 12.3. The summed E-state index contributed by atoms with van der Waals surface area (Å²) < 4.78 is 0.